The number of thiazole rings is 1. The second-order valence-electron chi connectivity index (χ2n) is 3.91. The van der Waals surface area contributed by atoms with Crippen LogP contribution in [0.25, 0.3) is 4.96 Å². The second-order valence-corrected chi connectivity index (χ2v) is 5.34. The first-order chi connectivity index (χ1) is 9.69. The Labute approximate surface area is 125 Å². The summed E-state index contributed by atoms with van der Waals surface area (Å²) in [5.41, 5.74) is 0.858. The molecule has 2 aromatic heterocycles. The summed E-state index contributed by atoms with van der Waals surface area (Å²) in [5.74, 6) is 0.848. The summed E-state index contributed by atoms with van der Waals surface area (Å²) in [6, 6.07) is 6.05. The lowest BCUT2D eigenvalue weighted by molar-refractivity contribution is -0.384. The quantitative estimate of drug-likeness (QED) is 0.404. The monoisotopic (exact) mass is 353 g/mol. The van der Waals surface area contributed by atoms with Crippen LogP contribution in [0.2, 0.25) is 0 Å². The van der Waals surface area contributed by atoms with Crippen molar-refractivity contribution in [2.75, 3.05) is 0 Å². The van der Waals surface area contributed by atoms with Crippen LogP contribution >= 0.6 is 27.3 Å². The standard InChI is InChI=1S/C12H8BrN3O3S/c13-7-10-11(14-12-15(10)4-5-20-12)19-9-3-1-2-8(6-9)16(17)18/h1-6H,7H2. The van der Waals surface area contributed by atoms with Gasteiger partial charge in [0.2, 0.25) is 5.88 Å². The molecule has 0 unspecified atom stereocenters. The molecular weight excluding hydrogens is 346 g/mol. The third-order valence-electron chi connectivity index (χ3n) is 2.69. The highest BCUT2D eigenvalue weighted by atomic mass is 79.9. The number of ether oxygens (including phenoxy) is 1. The van der Waals surface area contributed by atoms with Crippen molar-refractivity contribution < 1.29 is 9.66 Å². The molecule has 3 rings (SSSR count). The number of imidazole rings is 1. The molecule has 0 amide bonds. The van der Waals surface area contributed by atoms with Crippen LogP contribution in [0.15, 0.2) is 35.8 Å². The van der Waals surface area contributed by atoms with Crippen LogP contribution in [-0.2, 0) is 5.33 Å². The van der Waals surface area contributed by atoms with Gasteiger partial charge in [-0.05, 0) is 6.07 Å². The van der Waals surface area contributed by atoms with E-state index in [-0.39, 0.29) is 5.69 Å². The van der Waals surface area contributed by atoms with E-state index in [4.69, 9.17) is 4.74 Å². The number of aromatic nitrogens is 2. The summed E-state index contributed by atoms with van der Waals surface area (Å²) in [6.07, 6.45) is 1.91. The maximum absolute atomic E-state index is 10.8. The average molecular weight is 354 g/mol. The van der Waals surface area contributed by atoms with Gasteiger partial charge in [-0.2, -0.15) is 4.98 Å². The van der Waals surface area contributed by atoms with Crippen LogP contribution in [0.1, 0.15) is 5.69 Å². The third kappa shape index (κ3) is 2.27. The molecule has 0 aliphatic rings. The Balaban J connectivity index is 1.98. The van der Waals surface area contributed by atoms with Gasteiger partial charge in [-0.3, -0.25) is 14.5 Å². The van der Waals surface area contributed by atoms with Crippen molar-refractivity contribution in [3.8, 4) is 11.6 Å². The Morgan fingerprint density at radius 2 is 2.35 bits per heavy atom. The fourth-order valence-electron chi connectivity index (χ4n) is 1.79. The zero-order valence-corrected chi connectivity index (χ0v) is 12.4. The number of nitro benzene ring substituents is 1. The topological polar surface area (TPSA) is 69.7 Å². The van der Waals surface area contributed by atoms with E-state index in [2.05, 4.69) is 20.9 Å². The Kier molecular flexibility index (Phi) is 3.41. The minimum absolute atomic E-state index is 0.0103. The van der Waals surface area contributed by atoms with Gasteiger partial charge in [0.1, 0.15) is 5.75 Å². The Morgan fingerprint density at radius 1 is 1.50 bits per heavy atom. The van der Waals surface area contributed by atoms with Crippen LogP contribution < -0.4 is 4.74 Å². The zero-order valence-electron chi connectivity index (χ0n) is 10.0. The molecule has 0 bridgehead atoms. The maximum Gasteiger partial charge on any atom is 0.273 e. The molecule has 20 heavy (non-hydrogen) atoms. The van der Waals surface area contributed by atoms with Gasteiger partial charge in [0.05, 0.1) is 16.7 Å². The lowest BCUT2D eigenvalue weighted by Crippen LogP contribution is -1.92. The molecule has 3 aromatic rings. The highest BCUT2D eigenvalue weighted by molar-refractivity contribution is 9.08. The van der Waals surface area contributed by atoms with E-state index in [1.165, 1.54) is 23.5 Å². The van der Waals surface area contributed by atoms with Crippen LogP contribution in [0.5, 0.6) is 11.6 Å². The summed E-state index contributed by atoms with van der Waals surface area (Å²) >= 11 is 4.90. The van der Waals surface area contributed by atoms with Gasteiger partial charge < -0.3 is 4.74 Å². The van der Waals surface area contributed by atoms with Crippen LogP contribution in [-0.4, -0.2) is 14.3 Å². The van der Waals surface area contributed by atoms with Gasteiger partial charge >= 0.3 is 0 Å². The first-order valence-corrected chi connectivity index (χ1v) is 7.62. The predicted octanol–water partition coefficient (Wildman–Crippen LogP) is 3.99. The number of hydrogen-bond donors (Lipinski definition) is 0. The van der Waals surface area contributed by atoms with Crippen molar-refractivity contribution in [1.82, 2.24) is 9.38 Å². The Bertz CT molecular complexity index is 783. The summed E-state index contributed by atoms with van der Waals surface area (Å²) in [7, 11) is 0. The van der Waals surface area contributed by atoms with E-state index in [0.29, 0.717) is 17.0 Å². The molecule has 0 spiro atoms. The van der Waals surface area contributed by atoms with E-state index in [1.54, 1.807) is 12.1 Å². The summed E-state index contributed by atoms with van der Waals surface area (Å²) in [4.78, 5) is 15.5. The SMILES string of the molecule is O=[N+]([O-])c1cccc(Oc2nc3sccn3c2CBr)c1. The number of halogens is 1. The molecule has 0 saturated carbocycles. The van der Waals surface area contributed by atoms with Crippen LogP contribution in [0.4, 0.5) is 5.69 Å². The van der Waals surface area contributed by atoms with Gasteiger partial charge in [-0.1, -0.05) is 22.0 Å². The van der Waals surface area contributed by atoms with Gasteiger partial charge in [0.15, 0.2) is 4.96 Å². The molecule has 0 aliphatic heterocycles. The van der Waals surface area contributed by atoms with Gasteiger partial charge in [0, 0.05) is 23.0 Å². The molecule has 0 N–H and O–H groups in total. The lowest BCUT2D eigenvalue weighted by atomic mass is 10.3. The van der Waals surface area contributed by atoms with E-state index in [0.717, 1.165) is 10.7 Å². The Morgan fingerprint density at radius 3 is 3.10 bits per heavy atom. The van der Waals surface area contributed by atoms with Crippen molar-refractivity contribution in [2.24, 2.45) is 0 Å². The second kappa shape index (κ2) is 5.22. The number of benzene rings is 1. The summed E-state index contributed by atoms with van der Waals surface area (Å²) < 4.78 is 7.60. The number of fused-ring (bicyclic) bond motifs is 1. The number of alkyl halides is 1. The molecule has 0 fully saturated rings. The van der Waals surface area contributed by atoms with Gasteiger partial charge in [-0.15, -0.1) is 11.3 Å². The number of nitrogens with zero attached hydrogens (tertiary/aromatic N) is 3. The Hall–Kier alpha value is -1.93. The van der Waals surface area contributed by atoms with Crippen molar-refractivity contribution in [1.29, 1.82) is 0 Å². The minimum Gasteiger partial charge on any atom is -0.437 e. The molecule has 102 valence electrons. The first kappa shape index (κ1) is 13.1. The van der Waals surface area contributed by atoms with Crippen molar-refractivity contribution >= 4 is 37.9 Å². The van der Waals surface area contributed by atoms with Crippen molar-refractivity contribution in [3.63, 3.8) is 0 Å². The van der Waals surface area contributed by atoms with Crippen LogP contribution in [0.3, 0.4) is 0 Å². The maximum atomic E-state index is 10.8. The van der Waals surface area contributed by atoms with E-state index < -0.39 is 4.92 Å². The predicted molar refractivity (Wildman–Crippen MR) is 78.9 cm³/mol. The summed E-state index contributed by atoms with van der Waals surface area (Å²) in [5, 5.41) is 13.3. The largest absolute Gasteiger partial charge is 0.437 e. The molecule has 0 saturated heterocycles. The molecule has 1 aromatic carbocycles. The molecule has 0 atom stereocenters. The normalized spacial score (nSPS) is 10.8. The van der Waals surface area contributed by atoms with Gasteiger partial charge in [-0.25, -0.2) is 0 Å². The summed E-state index contributed by atoms with van der Waals surface area (Å²) in [6.45, 7) is 0. The highest BCUT2D eigenvalue weighted by Crippen LogP contribution is 2.30. The average Bonchev–Trinajstić information content (AvgIpc) is 2.99. The highest BCUT2D eigenvalue weighted by Gasteiger charge is 2.15. The smallest absolute Gasteiger partial charge is 0.273 e. The molecule has 6 nitrogen and oxygen atoms in total. The molecule has 0 radical (unpaired) electrons. The van der Waals surface area contributed by atoms with Crippen molar-refractivity contribution in [3.05, 3.63) is 51.7 Å². The molecular formula is C12H8BrN3O3S. The van der Waals surface area contributed by atoms with Crippen LogP contribution in [0, 0.1) is 10.1 Å². The molecule has 2 heterocycles. The van der Waals surface area contributed by atoms with Gasteiger partial charge in [0.25, 0.3) is 5.69 Å². The first-order valence-electron chi connectivity index (χ1n) is 5.61. The van der Waals surface area contributed by atoms with E-state index in [9.17, 15) is 10.1 Å². The van der Waals surface area contributed by atoms with E-state index in [1.807, 2.05) is 16.0 Å². The minimum atomic E-state index is -0.454. The number of nitro groups is 1. The fourth-order valence-corrected chi connectivity index (χ4v) is 3.02. The fraction of sp³-hybridized carbons (Fsp3) is 0.0833. The third-order valence-corrected chi connectivity index (χ3v) is 3.98. The van der Waals surface area contributed by atoms with Crippen molar-refractivity contribution in [2.45, 2.75) is 5.33 Å². The molecule has 0 aliphatic carbocycles. The van der Waals surface area contributed by atoms with E-state index >= 15 is 0 Å². The lowest BCUT2D eigenvalue weighted by Gasteiger charge is -2.04. The molecule has 8 heteroatoms. The zero-order chi connectivity index (χ0) is 14.1. The number of hydrogen-bond acceptors (Lipinski definition) is 5. The number of rotatable bonds is 4. The number of non-ortho nitro benzene ring substituents is 1.